The van der Waals surface area contributed by atoms with Gasteiger partial charge in [-0.25, -0.2) is 4.79 Å². The highest BCUT2D eigenvalue weighted by atomic mass is 19.4. The molecule has 1 atom stereocenters. The number of benzene rings is 2. The highest BCUT2D eigenvalue weighted by molar-refractivity contribution is 5.91. The van der Waals surface area contributed by atoms with Gasteiger partial charge in [-0.1, -0.05) is 36.4 Å². The number of hydrogen-bond acceptors (Lipinski definition) is 6. The number of halogens is 3. The molecule has 2 aromatic carbocycles. The first-order valence-electron chi connectivity index (χ1n) is 11.0. The Hall–Kier alpha value is -4.48. The van der Waals surface area contributed by atoms with Crippen molar-refractivity contribution in [2.24, 2.45) is 7.05 Å². The molecular weight excluding hydrogens is 495 g/mol. The summed E-state index contributed by atoms with van der Waals surface area (Å²) in [5, 5.41) is 14.8. The van der Waals surface area contributed by atoms with Crippen molar-refractivity contribution in [3.8, 4) is 22.6 Å². The molecule has 0 spiro atoms. The molecule has 0 unspecified atom stereocenters. The van der Waals surface area contributed by atoms with Crippen molar-refractivity contribution in [1.82, 2.24) is 9.88 Å². The molecule has 0 saturated heterocycles. The number of rotatable bonds is 8. The summed E-state index contributed by atoms with van der Waals surface area (Å²) in [6.07, 6.45) is -4.01. The van der Waals surface area contributed by atoms with Gasteiger partial charge in [0.25, 0.3) is 5.56 Å². The number of amides is 2. The summed E-state index contributed by atoms with van der Waals surface area (Å²) in [6.45, 7) is 1.66. The van der Waals surface area contributed by atoms with E-state index in [1.54, 1.807) is 37.3 Å². The van der Waals surface area contributed by atoms with E-state index >= 15 is 0 Å². The third kappa shape index (κ3) is 7.26. The Morgan fingerprint density at radius 1 is 1.11 bits per heavy atom. The van der Waals surface area contributed by atoms with Crippen LogP contribution in [0.25, 0.3) is 11.1 Å². The fourth-order valence-corrected chi connectivity index (χ4v) is 3.50. The summed E-state index contributed by atoms with van der Waals surface area (Å²) < 4.78 is 49.4. The van der Waals surface area contributed by atoms with E-state index < -0.39 is 47.2 Å². The van der Waals surface area contributed by atoms with E-state index in [2.05, 4.69) is 15.4 Å². The highest BCUT2D eigenvalue weighted by Crippen LogP contribution is 2.36. The van der Waals surface area contributed by atoms with Gasteiger partial charge in [0.2, 0.25) is 0 Å². The molecule has 0 aliphatic rings. The molecule has 9 nitrogen and oxygen atoms in total. The zero-order chi connectivity index (χ0) is 27.2. The average molecular weight is 519 g/mol. The molecule has 12 heteroatoms. The summed E-state index contributed by atoms with van der Waals surface area (Å²) in [4.78, 5) is 37.3. The molecule has 0 fully saturated rings. The highest BCUT2D eigenvalue weighted by Gasteiger charge is 2.33. The van der Waals surface area contributed by atoms with Crippen molar-refractivity contribution in [2.45, 2.75) is 25.7 Å². The number of aromatic hydroxyl groups is 1. The molecule has 1 heterocycles. The number of carbonyl (C=O) groups is 2. The number of carbonyl (C=O) groups excluding carboxylic acids is 2. The predicted molar refractivity (Wildman–Crippen MR) is 128 cm³/mol. The molecule has 1 aromatic heterocycles. The lowest BCUT2D eigenvalue weighted by molar-refractivity contribution is -0.274. The number of aryl methyl sites for hydroxylation is 1. The van der Waals surface area contributed by atoms with E-state index in [0.717, 1.165) is 10.6 Å². The second-order valence-electron chi connectivity index (χ2n) is 7.82. The number of alkyl halides is 3. The van der Waals surface area contributed by atoms with Gasteiger partial charge in [-0.05, 0) is 36.2 Å². The quantitative estimate of drug-likeness (QED) is 0.378. The molecule has 0 radical (unpaired) electrons. The molecule has 0 bridgehead atoms. The fourth-order valence-electron chi connectivity index (χ4n) is 3.50. The van der Waals surface area contributed by atoms with Crippen LogP contribution in [0, 0.1) is 0 Å². The van der Waals surface area contributed by atoms with Crippen LogP contribution in [0.15, 0.2) is 65.6 Å². The lowest BCUT2D eigenvalue weighted by atomic mass is 9.97. The fraction of sp³-hybridized carbons (Fsp3) is 0.240. The summed E-state index contributed by atoms with van der Waals surface area (Å²) in [7, 11) is 1.42. The molecule has 3 aromatic rings. The maximum absolute atomic E-state index is 13.0. The zero-order valence-electron chi connectivity index (χ0n) is 19.8. The Bertz CT molecular complexity index is 1330. The van der Waals surface area contributed by atoms with Crippen molar-refractivity contribution in [3.05, 3.63) is 76.7 Å². The number of nitrogens with one attached hydrogen (secondary N) is 2. The molecule has 0 aliphatic heterocycles. The normalized spacial score (nSPS) is 11.9. The van der Waals surface area contributed by atoms with Crippen LogP contribution >= 0.6 is 0 Å². The van der Waals surface area contributed by atoms with E-state index in [1.165, 1.54) is 31.4 Å². The van der Waals surface area contributed by atoms with E-state index in [4.69, 9.17) is 4.74 Å². The van der Waals surface area contributed by atoms with Gasteiger partial charge in [-0.3, -0.25) is 9.59 Å². The summed E-state index contributed by atoms with van der Waals surface area (Å²) in [5.74, 6) is -1.62. The number of nitrogens with zero attached hydrogens (tertiary/aromatic N) is 1. The van der Waals surface area contributed by atoms with Crippen molar-refractivity contribution in [1.29, 1.82) is 0 Å². The van der Waals surface area contributed by atoms with Gasteiger partial charge in [0.15, 0.2) is 5.69 Å². The third-order valence-electron chi connectivity index (χ3n) is 5.18. The Morgan fingerprint density at radius 2 is 1.81 bits per heavy atom. The van der Waals surface area contributed by atoms with E-state index in [-0.39, 0.29) is 24.2 Å². The molecule has 0 aliphatic carbocycles. The first kappa shape index (κ1) is 27.1. The number of aromatic nitrogens is 1. The summed E-state index contributed by atoms with van der Waals surface area (Å²) >= 11 is 0. The molecule has 0 saturated carbocycles. The zero-order valence-corrected chi connectivity index (χ0v) is 19.8. The number of urea groups is 1. The standard InChI is InChI=1S/C25H24F3N3O6/c1-3-36-21(33)14-18(29-24(35)30-22-19(32)11-12-31(2)23(22)34)16-9-10-20(37-25(26,27)28)17(13-16)15-7-5-4-6-8-15/h4-13,18,32H,3,14H2,1-2H3,(H2,29,30,35)/t18-/m0/s1. The minimum absolute atomic E-state index is 0.0688. The Labute approximate surface area is 209 Å². The SMILES string of the molecule is CCOC(=O)C[C@H](NC(=O)Nc1c(O)ccn(C)c1=O)c1ccc(OC(F)(F)F)c(-c2ccccc2)c1. The Kier molecular flexibility index (Phi) is 8.43. The first-order valence-corrected chi connectivity index (χ1v) is 11.0. The number of hydrogen-bond donors (Lipinski definition) is 3. The van der Waals surface area contributed by atoms with Crippen LogP contribution in [0.1, 0.15) is 24.9 Å². The van der Waals surface area contributed by atoms with Crippen LogP contribution in [0.5, 0.6) is 11.5 Å². The molecule has 3 N–H and O–H groups in total. The molecule has 3 rings (SSSR count). The van der Waals surface area contributed by atoms with Crippen LogP contribution in [0.3, 0.4) is 0 Å². The number of anilines is 1. The van der Waals surface area contributed by atoms with Crippen LogP contribution < -0.4 is 20.9 Å². The monoisotopic (exact) mass is 519 g/mol. The van der Waals surface area contributed by atoms with Gasteiger partial charge in [0.1, 0.15) is 11.5 Å². The van der Waals surface area contributed by atoms with E-state index in [1.807, 2.05) is 0 Å². The summed E-state index contributed by atoms with van der Waals surface area (Å²) in [5.41, 5.74) is -0.336. The van der Waals surface area contributed by atoms with Crippen molar-refractivity contribution in [3.63, 3.8) is 0 Å². The van der Waals surface area contributed by atoms with Gasteiger partial charge in [0.05, 0.1) is 19.1 Å². The van der Waals surface area contributed by atoms with Crippen LogP contribution in [0.2, 0.25) is 0 Å². The predicted octanol–water partition coefficient (Wildman–Crippen LogP) is 4.47. The lowest BCUT2D eigenvalue weighted by Crippen LogP contribution is -2.36. The summed E-state index contributed by atoms with van der Waals surface area (Å²) in [6, 6.07) is 11.0. The maximum Gasteiger partial charge on any atom is 0.573 e. The second-order valence-corrected chi connectivity index (χ2v) is 7.82. The second kappa shape index (κ2) is 11.5. The van der Waals surface area contributed by atoms with Gasteiger partial charge in [0, 0.05) is 18.8 Å². The molecule has 37 heavy (non-hydrogen) atoms. The van der Waals surface area contributed by atoms with E-state index in [0.29, 0.717) is 5.56 Å². The maximum atomic E-state index is 13.0. The Balaban J connectivity index is 1.99. The molecule has 2 amide bonds. The van der Waals surface area contributed by atoms with Gasteiger partial charge in [-0.2, -0.15) is 0 Å². The molecular formula is C25H24F3N3O6. The topological polar surface area (TPSA) is 119 Å². The minimum atomic E-state index is -4.95. The van der Waals surface area contributed by atoms with Gasteiger partial charge >= 0.3 is 18.4 Å². The smallest absolute Gasteiger partial charge is 0.505 e. The number of esters is 1. The van der Waals surface area contributed by atoms with Crippen LogP contribution in [-0.4, -0.2) is 34.6 Å². The van der Waals surface area contributed by atoms with Crippen LogP contribution in [0.4, 0.5) is 23.7 Å². The first-order chi connectivity index (χ1) is 17.5. The van der Waals surface area contributed by atoms with Crippen molar-refractivity contribution >= 4 is 17.7 Å². The van der Waals surface area contributed by atoms with Gasteiger partial charge in [-0.15, -0.1) is 13.2 Å². The number of pyridine rings is 1. The van der Waals surface area contributed by atoms with Crippen molar-refractivity contribution in [2.75, 3.05) is 11.9 Å². The van der Waals surface area contributed by atoms with Gasteiger partial charge < -0.3 is 29.8 Å². The van der Waals surface area contributed by atoms with E-state index in [9.17, 15) is 32.7 Å². The third-order valence-corrected chi connectivity index (χ3v) is 5.18. The largest absolute Gasteiger partial charge is 0.573 e. The minimum Gasteiger partial charge on any atom is -0.505 e. The average Bonchev–Trinajstić information content (AvgIpc) is 2.84. The van der Waals surface area contributed by atoms with Crippen LogP contribution in [-0.2, 0) is 16.6 Å². The molecule has 196 valence electrons. The lowest BCUT2D eigenvalue weighted by Gasteiger charge is -2.21. The number of ether oxygens (including phenoxy) is 2. The van der Waals surface area contributed by atoms with Crippen molar-refractivity contribution < 1.29 is 37.3 Å². The Morgan fingerprint density at radius 3 is 2.46 bits per heavy atom.